The molecule has 2 unspecified atom stereocenters. The summed E-state index contributed by atoms with van der Waals surface area (Å²) in [5, 5.41) is 3.80. The van der Waals surface area contributed by atoms with Crippen molar-refractivity contribution in [1.82, 2.24) is 5.16 Å². The predicted molar refractivity (Wildman–Crippen MR) is 65.7 cm³/mol. The molecular formula is C13H19NO5. The summed E-state index contributed by atoms with van der Waals surface area (Å²) in [5.74, 6) is -0.0766. The minimum absolute atomic E-state index is 0.250. The van der Waals surface area contributed by atoms with Gasteiger partial charge in [0.1, 0.15) is 11.7 Å². The van der Waals surface area contributed by atoms with Gasteiger partial charge in [-0.1, -0.05) is 5.16 Å². The Morgan fingerprint density at radius 3 is 2.89 bits per heavy atom. The van der Waals surface area contributed by atoms with Crippen molar-refractivity contribution in [3.63, 3.8) is 0 Å². The first-order valence-electron chi connectivity index (χ1n) is 6.45. The summed E-state index contributed by atoms with van der Waals surface area (Å²) in [6, 6.07) is 0. The van der Waals surface area contributed by atoms with Crippen LogP contribution in [0.3, 0.4) is 0 Å². The molecule has 0 N–H and O–H groups in total. The molecule has 1 fully saturated rings. The van der Waals surface area contributed by atoms with E-state index in [4.69, 9.17) is 18.7 Å². The van der Waals surface area contributed by atoms with E-state index in [0.29, 0.717) is 23.6 Å². The molecule has 6 nitrogen and oxygen atoms in total. The Morgan fingerprint density at radius 2 is 2.26 bits per heavy atom. The average molecular weight is 269 g/mol. The SMILES string of the molecule is COC(=O)c1c(C)noc1C(C)OC1CCCCO1. The standard InChI is InChI=1S/C13H19NO5/c1-8-11(13(15)16-3)12(19-14-8)9(2)18-10-6-4-5-7-17-10/h9-10H,4-7H2,1-3H3. The normalized spacial score (nSPS) is 21.1. The lowest BCUT2D eigenvalue weighted by atomic mass is 10.1. The quantitative estimate of drug-likeness (QED) is 0.781. The number of hydrogen-bond acceptors (Lipinski definition) is 6. The first-order chi connectivity index (χ1) is 9.13. The third kappa shape index (κ3) is 3.13. The topological polar surface area (TPSA) is 70.8 Å². The lowest BCUT2D eigenvalue weighted by Gasteiger charge is -2.25. The summed E-state index contributed by atoms with van der Waals surface area (Å²) in [6.45, 7) is 4.21. The second kappa shape index (κ2) is 6.16. The Kier molecular flexibility index (Phi) is 4.55. The molecule has 0 aromatic carbocycles. The van der Waals surface area contributed by atoms with Crippen LogP contribution in [0.5, 0.6) is 0 Å². The van der Waals surface area contributed by atoms with E-state index in [1.165, 1.54) is 7.11 Å². The van der Waals surface area contributed by atoms with Crippen LogP contribution in [-0.4, -0.2) is 31.1 Å². The maximum absolute atomic E-state index is 11.7. The molecule has 2 heterocycles. The van der Waals surface area contributed by atoms with Crippen molar-refractivity contribution in [2.45, 2.75) is 45.5 Å². The average Bonchev–Trinajstić information content (AvgIpc) is 2.81. The van der Waals surface area contributed by atoms with Crippen LogP contribution < -0.4 is 0 Å². The van der Waals surface area contributed by atoms with E-state index < -0.39 is 12.1 Å². The van der Waals surface area contributed by atoms with Crippen LogP contribution in [0.4, 0.5) is 0 Å². The molecule has 0 radical (unpaired) electrons. The number of ether oxygens (including phenoxy) is 3. The fourth-order valence-electron chi connectivity index (χ4n) is 2.12. The van der Waals surface area contributed by atoms with Crippen molar-refractivity contribution in [3.05, 3.63) is 17.0 Å². The van der Waals surface area contributed by atoms with Crippen molar-refractivity contribution in [3.8, 4) is 0 Å². The van der Waals surface area contributed by atoms with Crippen LogP contribution in [0.2, 0.25) is 0 Å². The van der Waals surface area contributed by atoms with Crippen LogP contribution in [0.15, 0.2) is 4.52 Å². The molecule has 0 spiro atoms. The maximum atomic E-state index is 11.7. The molecular weight excluding hydrogens is 250 g/mol. The van der Waals surface area contributed by atoms with Gasteiger partial charge >= 0.3 is 5.97 Å². The fraction of sp³-hybridized carbons (Fsp3) is 0.692. The Morgan fingerprint density at radius 1 is 1.47 bits per heavy atom. The highest BCUT2D eigenvalue weighted by atomic mass is 16.7. The Bertz CT molecular complexity index is 436. The van der Waals surface area contributed by atoms with Gasteiger partial charge in [0.05, 0.1) is 12.8 Å². The van der Waals surface area contributed by atoms with Crippen LogP contribution in [-0.2, 0) is 14.2 Å². The number of aromatic nitrogens is 1. The third-order valence-electron chi connectivity index (χ3n) is 3.14. The van der Waals surface area contributed by atoms with Gasteiger partial charge in [0, 0.05) is 6.61 Å². The summed E-state index contributed by atoms with van der Waals surface area (Å²) in [6.07, 6.45) is 2.34. The van der Waals surface area contributed by atoms with Gasteiger partial charge in [0.15, 0.2) is 12.1 Å². The molecule has 0 bridgehead atoms. The van der Waals surface area contributed by atoms with Crippen molar-refractivity contribution in [2.75, 3.05) is 13.7 Å². The molecule has 2 atom stereocenters. The summed E-state index contributed by atoms with van der Waals surface area (Å²) in [7, 11) is 1.33. The number of methoxy groups -OCH3 is 1. The number of carbonyl (C=O) groups excluding carboxylic acids is 1. The zero-order valence-corrected chi connectivity index (χ0v) is 11.5. The van der Waals surface area contributed by atoms with Gasteiger partial charge in [-0.2, -0.15) is 0 Å². The summed E-state index contributed by atoms with van der Waals surface area (Å²) in [4.78, 5) is 11.7. The van der Waals surface area contributed by atoms with Crippen LogP contribution in [0.1, 0.15) is 54.1 Å². The highest BCUT2D eigenvalue weighted by Gasteiger charge is 2.28. The highest BCUT2D eigenvalue weighted by Crippen LogP contribution is 2.27. The number of rotatable bonds is 4. The lowest BCUT2D eigenvalue weighted by Crippen LogP contribution is -2.24. The number of nitrogens with zero attached hydrogens (tertiary/aromatic N) is 1. The van der Waals surface area contributed by atoms with E-state index >= 15 is 0 Å². The summed E-state index contributed by atoms with van der Waals surface area (Å²) >= 11 is 0. The smallest absolute Gasteiger partial charge is 0.343 e. The van der Waals surface area contributed by atoms with Gasteiger partial charge < -0.3 is 18.7 Å². The van der Waals surface area contributed by atoms with E-state index in [1.807, 2.05) is 6.92 Å². The molecule has 2 rings (SSSR count). The van der Waals surface area contributed by atoms with Crippen molar-refractivity contribution >= 4 is 5.97 Å². The van der Waals surface area contributed by atoms with Gasteiger partial charge in [0.2, 0.25) is 0 Å². The Hall–Kier alpha value is -1.40. The zero-order chi connectivity index (χ0) is 13.8. The monoisotopic (exact) mass is 269 g/mol. The number of esters is 1. The second-order valence-corrected chi connectivity index (χ2v) is 4.57. The van der Waals surface area contributed by atoms with Gasteiger partial charge in [0.25, 0.3) is 0 Å². The van der Waals surface area contributed by atoms with E-state index in [9.17, 15) is 4.79 Å². The molecule has 1 aromatic rings. The molecule has 106 valence electrons. The minimum Gasteiger partial charge on any atom is -0.465 e. The van der Waals surface area contributed by atoms with Crippen LogP contribution in [0, 0.1) is 6.92 Å². The first kappa shape index (κ1) is 14.0. The predicted octanol–water partition coefficient (Wildman–Crippen LogP) is 2.37. The molecule has 1 aliphatic rings. The molecule has 0 saturated carbocycles. The van der Waals surface area contributed by atoms with Gasteiger partial charge in [-0.15, -0.1) is 0 Å². The van der Waals surface area contributed by atoms with Crippen molar-refractivity contribution in [1.29, 1.82) is 0 Å². The number of aryl methyl sites for hydroxylation is 1. The molecule has 0 amide bonds. The highest BCUT2D eigenvalue weighted by molar-refractivity contribution is 5.91. The van der Waals surface area contributed by atoms with Crippen LogP contribution in [0.25, 0.3) is 0 Å². The molecule has 1 aromatic heterocycles. The van der Waals surface area contributed by atoms with E-state index in [2.05, 4.69) is 5.16 Å². The molecule has 6 heteroatoms. The van der Waals surface area contributed by atoms with Gasteiger partial charge in [-0.3, -0.25) is 0 Å². The van der Waals surface area contributed by atoms with Crippen molar-refractivity contribution < 1.29 is 23.5 Å². The van der Waals surface area contributed by atoms with Crippen molar-refractivity contribution in [2.24, 2.45) is 0 Å². The Labute approximate surface area is 112 Å². The van der Waals surface area contributed by atoms with E-state index in [1.54, 1.807) is 6.92 Å². The zero-order valence-electron chi connectivity index (χ0n) is 11.5. The van der Waals surface area contributed by atoms with Gasteiger partial charge in [-0.25, -0.2) is 4.79 Å². The molecule has 1 aliphatic heterocycles. The minimum atomic E-state index is -0.464. The summed E-state index contributed by atoms with van der Waals surface area (Å²) in [5.41, 5.74) is 0.840. The van der Waals surface area contributed by atoms with E-state index in [0.717, 1.165) is 19.3 Å². The molecule has 19 heavy (non-hydrogen) atoms. The fourth-order valence-corrected chi connectivity index (χ4v) is 2.12. The number of hydrogen-bond donors (Lipinski definition) is 0. The lowest BCUT2D eigenvalue weighted by molar-refractivity contribution is -0.189. The third-order valence-corrected chi connectivity index (χ3v) is 3.14. The Balaban J connectivity index is 2.10. The van der Waals surface area contributed by atoms with Crippen LogP contribution >= 0.6 is 0 Å². The largest absolute Gasteiger partial charge is 0.465 e. The van der Waals surface area contributed by atoms with Gasteiger partial charge in [-0.05, 0) is 33.1 Å². The summed E-state index contributed by atoms with van der Waals surface area (Å²) < 4.78 is 21.2. The number of carbonyl (C=O) groups is 1. The second-order valence-electron chi connectivity index (χ2n) is 4.57. The molecule has 1 saturated heterocycles. The molecule has 0 aliphatic carbocycles. The first-order valence-corrected chi connectivity index (χ1v) is 6.45. The maximum Gasteiger partial charge on any atom is 0.343 e. The van der Waals surface area contributed by atoms with E-state index in [-0.39, 0.29) is 6.29 Å².